The summed E-state index contributed by atoms with van der Waals surface area (Å²) in [4.78, 5) is 30.7. The van der Waals surface area contributed by atoms with Gasteiger partial charge in [0.25, 0.3) is 0 Å². The summed E-state index contributed by atoms with van der Waals surface area (Å²) in [6, 6.07) is 0. The molecule has 0 aliphatic rings. The van der Waals surface area contributed by atoms with Crippen LogP contribution in [0.25, 0.3) is 0 Å². The Hall–Kier alpha value is 1.15. The van der Waals surface area contributed by atoms with E-state index in [4.69, 9.17) is 0 Å². The Morgan fingerprint density at radius 2 is 0.561 bits per heavy atom. The molecular formula is C54H99KNa2O9. The zero-order valence-electron chi connectivity index (χ0n) is 44.1. The quantitative estimate of drug-likeness (QED) is 0.0469. The molecule has 0 aromatic carbocycles. The fraction of sp³-hybridized carbons (Fsp3) is 0.833. The van der Waals surface area contributed by atoms with Crippen LogP contribution in [-0.2, 0) is 14.4 Å². The third-order valence-corrected chi connectivity index (χ3v) is 11.2. The fourth-order valence-corrected chi connectivity index (χ4v) is 7.07. The predicted molar refractivity (Wildman–Crippen MR) is 258 cm³/mol. The summed E-state index contributed by atoms with van der Waals surface area (Å²) in [6.07, 6.45) is 51.0. The molecule has 3 unspecified atom stereocenters. The van der Waals surface area contributed by atoms with Crippen LogP contribution in [0, 0.1) is 0 Å². The van der Waals surface area contributed by atoms with Gasteiger partial charge in [0.2, 0.25) is 0 Å². The first-order valence-corrected chi connectivity index (χ1v) is 26.1. The molecule has 0 saturated carbocycles. The number of carbonyl (C=O) groups excluding carboxylic acids is 3. The molecule has 0 amide bonds. The number of aliphatic carboxylic acids is 3. The number of hydrogen-bond acceptors (Lipinski definition) is 9. The number of carboxylic acid groups (broad SMARTS) is 3. The van der Waals surface area contributed by atoms with E-state index in [9.17, 15) is 45.0 Å². The number of rotatable bonds is 45. The van der Waals surface area contributed by atoms with Crippen molar-refractivity contribution in [3.63, 3.8) is 0 Å². The fourth-order valence-electron chi connectivity index (χ4n) is 7.07. The van der Waals surface area contributed by atoms with E-state index in [0.717, 1.165) is 173 Å². The van der Waals surface area contributed by atoms with Crippen LogP contribution < -0.4 is 126 Å². The van der Waals surface area contributed by atoms with Crippen molar-refractivity contribution < 1.29 is 156 Å². The van der Waals surface area contributed by atoms with Crippen LogP contribution in [0.3, 0.4) is 0 Å². The third-order valence-electron chi connectivity index (χ3n) is 11.2. The molecule has 0 spiro atoms. The molecule has 0 radical (unpaired) electrons. The van der Waals surface area contributed by atoms with E-state index in [1.165, 1.54) is 57.8 Å². The van der Waals surface area contributed by atoms with E-state index in [2.05, 4.69) is 57.2 Å². The molecule has 9 nitrogen and oxygen atoms in total. The maximum Gasteiger partial charge on any atom is 1.00 e. The largest absolute Gasteiger partial charge is 1.00 e. The van der Waals surface area contributed by atoms with E-state index in [1.54, 1.807) is 0 Å². The van der Waals surface area contributed by atoms with E-state index in [1.807, 2.05) is 0 Å². The van der Waals surface area contributed by atoms with Gasteiger partial charge in [-0.05, 0) is 116 Å². The van der Waals surface area contributed by atoms with Gasteiger partial charge in [0.1, 0.15) is 0 Å². The van der Waals surface area contributed by atoms with Gasteiger partial charge in [-0.25, -0.2) is 0 Å². The van der Waals surface area contributed by atoms with Crippen molar-refractivity contribution in [2.45, 2.75) is 289 Å². The Balaban J connectivity index is -0.000000200. The number of hydrogen-bond donors (Lipinski definition) is 3. The number of aliphatic hydroxyl groups excluding tert-OH is 3. The zero-order chi connectivity index (χ0) is 47.3. The van der Waals surface area contributed by atoms with E-state index >= 15 is 0 Å². The van der Waals surface area contributed by atoms with Crippen LogP contribution in [-0.4, -0.2) is 51.5 Å². The van der Waals surface area contributed by atoms with Crippen LogP contribution in [0.1, 0.15) is 271 Å². The molecule has 0 rings (SSSR count). The molecular weight excluding hydrogens is 878 g/mol. The van der Waals surface area contributed by atoms with Crippen molar-refractivity contribution >= 4 is 17.9 Å². The van der Waals surface area contributed by atoms with Gasteiger partial charge in [-0.1, -0.05) is 192 Å². The molecule has 0 heterocycles. The van der Waals surface area contributed by atoms with Gasteiger partial charge in [-0.15, -0.1) is 0 Å². The molecule has 0 aliphatic carbocycles. The number of carboxylic acids is 3. The van der Waals surface area contributed by atoms with Crippen molar-refractivity contribution in [2.75, 3.05) is 0 Å². The molecule has 0 aromatic heterocycles. The monoisotopic (exact) mass is 977 g/mol. The first kappa shape index (κ1) is 78.6. The second-order valence-corrected chi connectivity index (χ2v) is 17.7. The minimum Gasteiger partial charge on any atom is -0.550 e. The van der Waals surface area contributed by atoms with Crippen LogP contribution in [0.2, 0.25) is 0 Å². The van der Waals surface area contributed by atoms with E-state index in [0.29, 0.717) is 0 Å². The maximum atomic E-state index is 10.2. The Morgan fingerprint density at radius 3 is 0.788 bits per heavy atom. The first-order valence-electron chi connectivity index (χ1n) is 26.1. The number of aliphatic hydroxyl groups is 3. The molecule has 3 atom stereocenters. The number of unbranched alkanes of at least 4 members (excludes halogenated alkanes) is 24. The van der Waals surface area contributed by atoms with Crippen LogP contribution >= 0.6 is 0 Å². The Bertz CT molecular complexity index is 932. The summed E-state index contributed by atoms with van der Waals surface area (Å²) in [5.41, 5.74) is 0. The van der Waals surface area contributed by atoms with Crippen molar-refractivity contribution in [1.82, 2.24) is 0 Å². The standard InChI is InChI=1S/3C18H34O3.K.2Na/c3*1-2-3-4-11-14-17(19)15-12-9-7-5-6-8-10-13-16-18(20)21;;;/h3*9,12,17,19H,2-8,10-11,13-16H2,1H3,(H,20,21);;;/q;;;3*+1/p-3/b3*12-9-;;;. The molecule has 3 N–H and O–H groups in total. The van der Waals surface area contributed by atoms with Crippen LogP contribution in [0.5, 0.6) is 0 Å². The van der Waals surface area contributed by atoms with Gasteiger partial charge in [-0.3, -0.25) is 0 Å². The third kappa shape index (κ3) is 79.3. The first-order chi connectivity index (χ1) is 30.5. The summed E-state index contributed by atoms with van der Waals surface area (Å²) in [7, 11) is 0. The van der Waals surface area contributed by atoms with E-state index < -0.39 is 17.9 Å². The summed E-state index contributed by atoms with van der Waals surface area (Å²) in [6.45, 7) is 6.59. The molecule has 0 saturated heterocycles. The summed E-state index contributed by atoms with van der Waals surface area (Å²) in [5.74, 6) is -2.82. The van der Waals surface area contributed by atoms with Gasteiger partial charge >= 0.3 is 110 Å². The summed E-state index contributed by atoms with van der Waals surface area (Å²) in [5, 5.41) is 60.0. The van der Waals surface area contributed by atoms with Crippen molar-refractivity contribution in [3.05, 3.63) is 36.5 Å². The average molecular weight is 977 g/mol. The minimum atomic E-state index is -0.939. The minimum absolute atomic E-state index is 0. The molecule has 0 aliphatic heterocycles. The van der Waals surface area contributed by atoms with Crippen molar-refractivity contribution in [3.8, 4) is 0 Å². The van der Waals surface area contributed by atoms with Gasteiger partial charge in [-0.2, -0.15) is 0 Å². The second kappa shape index (κ2) is 68.2. The Labute approximate surface area is 493 Å². The topological polar surface area (TPSA) is 181 Å². The number of allylic oxidation sites excluding steroid dienone is 3. The predicted octanol–water partition coefficient (Wildman–Crippen LogP) is 2.25. The summed E-state index contributed by atoms with van der Waals surface area (Å²) >= 11 is 0. The van der Waals surface area contributed by atoms with Gasteiger partial charge in [0.15, 0.2) is 0 Å². The Morgan fingerprint density at radius 1 is 0.348 bits per heavy atom. The molecule has 0 bridgehead atoms. The van der Waals surface area contributed by atoms with Crippen LogP contribution in [0.15, 0.2) is 36.5 Å². The van der Waals surface area contributed by atoms with Crippen molar-refractivity contribution in [1.29, 1.82) is 0 Å². The second-order valence-electron chi connectivity index (χ2n) is 17.7. The Kier molecular flexibility index (Phi) is 81.2. The van der Waals surface area contributed by atoms with Crippen LogP contribution in [0.4, 0.5) is 0 Å². The van der Waals surface area contributed by atoms with Gasteiger partial charge < -0.3 is 45.0 Å². The van der Waals surface area contributed by atoms with E-state index in [-0.39, 0.29) is 148 Å². The van der Waals surface area contributed by atoms with Gasteiger partial charge in [0.05, 0.1) is 18.3 Å². The summed E-state index contributed by atoms with van der Waals surface area (Å²) < 4.78 is 0. The maximum absolute atomic E-state index is 10.2. The molecule has 0 fully saturated rings. The average Bonchev–Trinajstić information content (AvgIpc) is 3.24. The van der Waals surface area contributed by atoms with Crippen molar-refractivity contribution in [2.24, 2.45) is 0 Å². The molecule has 12 heteroatoms. The number of carbonyl (C=O) groups is 3. The van der Waals surface area contributed by atoms with Gasteiger partial charge in [0, 0.05) is 17.9 Å². The SMILES string of the molecule is CCCCCCC(O)C/C=C\CCCCCCCC(=O)[O-].CCCCCCC(O)C/C=C\CCCCCCCC(=O)[O-].CCCCCCC(O)C/C=C\CCCCCCCC(=O)[O-].[K+].[Na+].[Na+]. The zero-order valence-corrected chi connectivity index (χ0v) is 51.2. The molecule has 0 aromatic rings. The molecule has 66 heavy (non-hydrogen) atoms. The smallest absolute Gasteiger partial charge is 0.550 e. The molecule has 372 valence electrons. The normalized spacial score (nSPS) is 12.3.